The van der Waals surface area contributed by atoms with Crippen LogP contribution in [0, 0.1) is 6.10 Å². The van der Waals surface area contributed by atoms with Crippen LogP contribution < -0.4 is 14.2 Å². The molecule has 2 aromatic rings. The summed E-state index contributed by atoms with van der Waals surface area (Å²) >= 11 is 0. The van der Waals surface area contributed by atoms with Gasteiger partial charge in [-0.25, -0.2) is 0 Å². The van der Waals surface area contributed by atoms with Crippen LogP contribution in [0.4, 0.5) is 0 Å². The second-order valence-corrected chi connectivity index (χ2v) is 4.06. The van der Waals surface area contributed by atoms with Crippen LogP contribution >= 0.6 is 0 Å². The molecule has 0 fully saturated rings. The van der Waals surface area contributed by atoms with E-state index in [1.165, 1.54) is 0 Å². The van der Waals surface area contributed by atoms with Gasteiger partial charge in [0, 0.05) is 0 Å². The summed E-state index contributed by atoms with van der Waals surface area (Å²) in [5, 5.41) is 0. The number of ether oxygens (including phenoxy) is 3. The Labute approximate surface area is 113 Å². The Morgan fingerprint density at radius 3 is 1.58 bits per heavy atom. The van der Waals surface area contributed by atoms with E-state index in [4.69, 9.17) is 14.2 Å². The maximum atomic E-state index is 5.79. The second kappa shape index (κ2) is 6.14. The molecule has 0 spiro atoms. The largest absolute Gasteiger partial charge is 0.497 e. The normalized spacial score (nSPS) is 10.3. The van der Waals surface area contributed by atoms with Gasteiger partial charge in [-0.2, -0.15) is 0 Å². The number of methoxy groups -OCH3 is 2. The van der Waals surface area contributed by atoms with Crippen molar-refractivity contribution in [3.63, 3.8) is 0 Å². The van der Waals surface area contributed by atoms with Crippen LogP contribution in [0.15, 0.2) is 48.5 Å². The lowest BCUT2D eigenvalue weighted by molar-refractivity contribution is 0.358. The van der Waals surface area contributed by atoms with Crippen molar-refractivity contribution in [3.05, 3.63) is 60.2 Å². The smallest absolute Gasteiger partial charge is 0.174 e. The molecule has 0 aliphatic rings. The Bertz CT molecular complexity index is 503. The summed E-state index contributed by atoms with van der Waals surface area (Å²) in [4.78, 5) is 0. The van der Waals surface area contributed by atoms with E-state index in [1.54, 1.807) is 14.2 Å². The molecule has 2 aromatic carbocycles. The molecule has 19 heavy (non-hydrogen) atoms. The topological polar surface area (TPSA) is 27.7 Å². The molecule has 2 rings (SSSR count). The van der Waals surface area contributed by atoms with Crippen molar-refractivity contribution in [1.82, 2.24) is 0 Å². The van der Waals surface area contributed by atoms with E-state index in [0.717, 1.165) is 28.9 Å². The minimum atomic E-state index is 0.786. The third-order valence-electron chi connectivity index (χ3n) is 2.83. The van der Waals surface area contributed by atoms with Crippen LogP contribution in [-0.4, -0.2) is 14.2 Å². The van der Waals surface area contributed by atoms with Gasteiger partial charge >= 0.3 is 0 Å². The summed E-state index contributed by atoms with van der Waals surface area (Å²) in [6.45, 7) is 1.94. The molecule has 0 heterocycles. The molecule has 3 nitrogen and oxygen atoms in total. The number of hydrogen-bond donors (Lipinski definition) is 0. The molecular weight excluding hydrogens is 240 g/mol. The first-order valence-corrected chi connectivity index (χ1v) is 6.03. The standard InChI is InChI=1S/C16H17O3/c1-12(13-4-6-14(17-2)7-5-13)19-16-10-8-15(18-3)9-11-16/h4-11H,1-3H3. The summed E-state index contributed by atoms with van der Waals surface area (Å²) in [5.41, 5.74) is 1.02. The average molecular weight is 257 g/mol. The SMILES string of the molecule is COc1ccc(O[C](C)c2ccc(OC)cc2)cc1. The van der Waals surface area contributed by atoms with E-state index < -0.39 is 0 Å². The van der Waals surface area contributed by atoms with E-state index in [0.29, 0.717) is 0 Å². The monoisotopic (exact) mass is 257 g/mol. The Morgan fingerprint density at radius 1 is 0.684 bits per heavy atom. The van der Waals surface area contributed by atoms with E-state index in [2.05, 4.69) is 0 Å². The van der Waals surface area contributed by atoms with Crippen molar-refractivity contribution >= 4 is 0 Å². The van der Waals surface area contributed by atoms with Crippen LogP contribution in [0.2, 0.25) is 0 Å². The van der Waals surface area contributed by atoms with Crippen molar-refractivity contribution in [2.24, 2.45) is 0 Å². The quantitative estimate of drug-likeness (QED) is 0.817. The number of benzene rings is 2. The summed E-state index contributed by atoms with van der Waals surface area (Å²) in [5.74, 6) is 2.43. The Balaban J connectivity index is 2.04. The first-order valence-electron chi connectivity index (χ1n) is 6.03. The fourth-order valence-corrected chi connectivity index (χ4v) is 1.71. The van der Waals surface area contributed by atoms with E-state index in [1.807, 2.05) is 55.5 Å². The fourth-order valence-electron chi connectivity index (χ4n) is 1.71. The Hall–Kier alpha value is -2.16. The zero-order valence-electron chi connectivity index (χ0n) is 11.3. The lowest BCUT2D eigenvalue weighted by atomic mass is 10.1. The second-order valence-electron chi connectivity index (χ2n) is 4.06. The molecule has 0 aliphatic heterocycles. The van der Waals surface area contributed by atoms with E-state index >= 15 is 0 Å². The van der Waals surface area contributed by atoms with Crippen molar-refractivity contribution in [1.29, 1.82) is 0 Å². The highest BCUT2D eigenvalue weighted by molar-refractivity contribution is 5.36. The van der Waals surface area contributed by atoms with Gasteiger partial charge in [0.05, 0.1) is 14.2 Å². The van der Waals surface area contributed by atoms with Crippen LogP contribution in [0.5, 0.6) is 17.2 Å². The first-order chi connectivity index (χ1) is 9.22. The van der Waals surface area contributed by atoms with Gasteiger partial charge in [0.15, 0.2) is 6.10 Å². The summed E-state index contributed by atoms with van der Waals surface area (Å²) in [6.07, 6.45) is 0.841. The fraction of sp³-hybridized carbons (Fsp3) is 0.188. The molecule has 0 amide bonds. The van der Waals surface area contributed by atoms with Crippen molar-refractivity contribution in [2.75, 3.05) is 14.2 Å². The number of rotatable bonds is 5. The molecule has 0 N–H and O–H groups in total. The molecule has 0 atom stereocenters. The van der Waals surface area contributed by atoms with Gasteiger partial charge < -0.3 is 14.2 Å². The summed E-state index contributed by atoms with van der Waals surface area (Å²) in [7, 11) is 3.30. The van der Waals surface area contributed by atoms with E-state index in [9.17, 15) is 0 Å². The van der Waals surface area contributed by atoms with Crippen molar-refractivity contribution in [3.8, 4) is 17.2 Å². The molecule has 0 aromatic heterocycles. The third-order valence-corrected chi connectivity index (χ3v) is 2.83. The first kappa shape index (κ1) is 13.3. The summed E-state index contributed by atoms with van der Waals surface area (Å²) < 4.78 is 16.0. The molecule has 1 radical (unpaired) electrons. The average Bonchev–Trinajstić information content (AvgIpc) is 2.48. The van der Waals surface area contributed by atoms with Crippen molar-refractivity contribution in [2.45, 2.75) is 6.92 Å². The highest BCUT2D eigenvalue weighted by Gasteiger charge is 2.09. The zero-order valence-corrected chi connectivity index (χ0v) is 11.3. The van der Waals surface area contributed by atoms with Gasteiger partial charge in [0.1, 0.15) is 17.2 Å². The maximum Gasteiger partial charge on any atom is 0.174 e. The predicted molar refractivity (Wildman–Crippen MR) is 74.6 cm³/mol. The van der Waals surface area contributed by atoms with Crippen LogP contribution in [0.3, 0.4) is 0 Å². The predicted octanol–water partition coefficient (Wildman–Crippen LogP) is 3.68. The van der Waals surface area contributed by atoms with Gasteiger partial charge in [-0.15, -0.1) is 0 Å². The van der Waals surface area contributed by atoms with Crippen LogP contribution in [-0.2, 0) is 0 Å². The van der Waals surface area contributed by atoms with Crippen molar-refractivity contribution < 1.29 is 14.2 Å². The molecule has 0 aliphatic carbocycles. The number of hydrogen-bond acceptors (Lipinski definition) is 3. The highest BCUT2D eigenvalue weighted by atomic mass is 16.5. The highest BCUT2D eigenvalue weighted by Crippen LogP contribution is 2.24. The molecular formula is C16H17O3. The molecule has 0 bridgehead atoms. The van der Waals surface area contributed by atoms with Gasteiger partial charge in [0.25, 0.3) is 0 Å². The minimum Gasteiger partial charge on any atom is -0.497 e. The molecule has 0 saturated heterocycles. The molecule has 3 heteroatoms. The van der Waals surface area contributed by atoms with Gasteiger partial charge in [-0.05, 0) is 48.9 Å². The zero-order chi connectivity index (χ0) is 13.7. The maximum absolute atomic E-state index is 5.79. The third kappa shape index (κ3) is 3.41. The molecule has 0 saturated carbocycles. The molecule has 0 unspecified atom stereocenters. The van der Waals surface area contributed by atoms with Crippen LogP contribution in [0.1, 0.15) is 12.5 Å². The lowest BCUT2D eigenvalue weighted by Crippen LogP contribution is -2.04. The summed E-state index contributed by atoms with van der Waals surface area (Å²) in [6, 6.07) is 15.3. The Kier molecular flexibility index (Phi) is 4.29. The van der Waals surface area contributed by atoms with Crippen LogP contribution in [0.25, 0.3) is 0 Å². The van der Waals surface area contributed by atoms with Gasteiger partial charge in [-0.1, -0.05) is 12.1 Å². The van der Waals surface area contributed by atoms with Gasteiger partial charge in [-0.3, -0.25) is 0 Å². The Morgan fingerprint density at radius 2 is 1.11 bits per heavy atom. The molecule has 99 valence electrons. The van der Waals surface area contributed by atoms with E-state index in [-0.39, 0.29) is 0 Å². The minimum absolute atomic E-state index is 0.786. The lowest BCUT2D eigenvalue weighted by Gasteiger charge is -2.14. The van der Waals surface area contributed by atoms with Gasteiger partial charge in [0.2, 0.25) is 0 Å².